The fraction of sp³-hybridized carbons (Fsp3) is 0.364. The van der Waals surface area contributed by atoms with Gasteiger partial charge in [-0.2, -0.15) is 0 Å². The van der Waals surface area contributed by atoms with E-state index in [1.807, 2.05) is 4.72 Å². The molecule has 2 N–H and O–H groups in total. The van der Waals surface area contributed by atoms with Crippen molar-refractivity contribution in [2.45, 2.75) is 23.8 Å². The molecule has 18 heavy (non-hydrogen) atoms. The van der Waals surface area contributed by atoms with Crippen molar-refractivity contribution < 1.29 is 17.6 Å². The molecule has 1 aromatic carbocycles. The van der Waals surface area contributed by atoms with Crippen LogP contribution >= 0.6 is 0 Å². The van der Waals surface area contributed by atoms with Crippen molar-refractivity contribution in [3.63, 3.8) is 0 Å². The number of nitrogens with one attached hydrogen (secondary N) is 2. The van der Waals surface area contributed by atoms with Crippen LogP contribution in [0.1, 0.15) is 12.8 Å². The summed E-state index contributed by atoms with van der Waals surface area (Å²) in [5.41, 5.74) is 0. The monoisotopic (exact) mass is 272 g/mol. The first-order chi connectivity index (χ1) is 8.49. The summed E-state index contributed by atoms with van der Waals surface area (Å²) in [7, 11) is -3.92. The number of carbonyl (C=O) groups excluding carboxylic acids is 1. The van der Waals surface area contributed by atoms with E-state index in [-0.39, 0.29) is 4.90 Å². The SMILES string of the molecule is O=C(NS(=O)(=O)c1ccc(F)cc1)C1CCCN1. The molecule has 1 saturated heterocycles. The number of hydrogen-bond acceptors (Lipinski definition) is 4. The lowest BCUT2D eigenvalue weighted by molar-refractivity contribution is -0.121. The first kappa shape index (κ1) is 13.0. The van der Waals surface area contributed by atoms with Crippen LogP contribution in [-0.2, 0) is 14.8 Å². The van der Waals surface area contributed by atoms with Gasteiger partial charge < -0.3 is 5.32 Å². The number of halogens is 1. The highest BCUT2D eigenvalue weighted by Crippen LogP contribution is 2.11. The number of amides is 1. The molecule has 0 aliphatic carbocycles. The van der Waals surface area contributed by atoms with Gasteiger partial charge in [-0.05, 0) is 43.7 Å². The summed E-state index contributed by atoms with van der Waals surface area (Å²) in [4.78, 5) is 11.5. The fourth-order valence-electron chi connectivity index (χ4n) is 1.78. The molecule has 1 heterocycles. The van der Waals surface area contributed by atoms with Gasteiger partial charge in [-0.15, -0.1) is 0 Å². The van der Waals surface area contributed by atoms with E-state index in [9.17, 15) is 17.6 Å². The summed E-state index contributed by atoms with van der Waals surface area (Å²) in [6.07, 6.45) is 1.46. The number of hydrogen-bond donors (Lipinski definition) is 2. The summed E-state index contributed by atoms with van der Waals surface area (Å²) >= 11 is 0. The van der Waals surface area contributed by atoms with Crippen LogP contribution < -0.4 is 10.0 Å². The zero-order chi connectivity index (χ0) is 13.2. The van der Waals surface area contributed by atoms with Crippen LogP contribution in [0.4, 0.5) is 4.39 Å². The Balaban J connectivity index is 2.11. The van der Waals surface area contributed by atoms with Crippen LogP contribution in [0.2, 0.25) is 0 Å². The molecule has 1 aromatic rings. The van der Waals surface area contributed by atoms with E-state index >= 15 is 0 Å². The van der Waals surface area contributed by atoms with Crippen molar-refractivity contribution in [2.75, 3.05) is 6.54 Å². The van der Waals surface area contributed by atoms with Crippen LogP contribution in [0.25, 0.3) is 0 Å². The van der Waals surface area contributed by atoms with E-state index < -0.39 is 27.8 Å². The van der Waals surface area contributed by atoms with Crippen LogP contribution in [0, 0.1) is 5.82 Å². The molecule has 5 nitrogen and oxygen atoms in total. The maximum absolute atomic E-state index is 12.7. The molecule has 1 amide bonds. The zero-order valence-electron chi connectivity index (χ0n) is 9.52. The van der Waals surface area contributed by atoms with Crippen molar-refractivity contribution in [1.82, 2.24) is 10.0 Å². The maximum atomic E-state index is 12.7. The number of rotatable bonds is 3. The maximum Gasteiger partial charge on any atom is 0.264 e. The van der Waals surface area contributed by atoms with Crippen LogP contribution in [-0.4, -0.2) is 26.9 Å². The summed E-state index contributed by atoms with van der Waals surface area (Å²) in [5.74, 6) is -1.10. The lowest BCUT2D eigenvalue weighted by Crippen LogP contribution is -2.43. The lowest BCUT2D eigenvalue weighted by atomic mass is 10.2. The predicted octanol–water partition coefficient (Wildman–Crippen LogP) is 0.383. The molecule has 2 rings (SSSR count). The van der Waals surface area contributed by atoms with Gasteiger partial charge in [0.2, 0.25) is 0 Å². The Hall–Kier alpha value is -1.47. The van der Waals surface area contributed by atoms with Gasteiger partial charge >= 0.3 is 0 Å². The van der Waals surface area contributed by atoms with Gasteiger partial charge in [-0.1, -0.05) is 0 Å². The highest BCUT2D eigenvalue weighted by atomic mass is 32.2. The average molecular weight is 272 g/mol. The van der Waals surface area contributed by atoms with Gasteiger partial charge in [0, 0.05) is 0 Å². The summed E-state index contributed by atoms with van der Waals surface area (Å²) in [6, 6.07) is 3.83. The molecule has 1 aliphatic rings. The Morgan fingerprint density at radius 3 is 2.56 bits per heavy atom. The van der Waals surface area contributed by atoms with Gasteiger partial charge in [0.15, 0.2) is 0 Å². The molecule has 7 heteroatoms. The number of sulfonamides is 1. The molecule has 0 radical (unpaired) electrons. The van der Waals surface area contributed by atoms with Crippen molar-refractivity contribution in [1.29, 1.82) is 0 Å². The quantitative estimate of drug-likeness (QED) is 0.834. The highest BCUT2D eigenvalue weighted by Gasteiger charge is 2.26. The molecule has 0 bridgehead atoms. The average Bonchev–Trinajstić information content (AvgIpc) is 2.82. The summed E-state index contributed by atoms with van der Waals surface area (Å²) in [6.45, 7) is 0.703. The second-order valence-electron chi connectivity index (χ2n) is 4.07. The van der Waals surface area contributed by atoms with Crippen molar-refractivity contribution in [3.8, 4) is 0 Å². The standard InChI is InChI=1S/C11H13FN2O3S/c12-8-3-5-9(6-4-8)18(16,17)14-11(15)10-2-1-7-13-10/h3-6,10,13H,1-2,7H2,(H,14,15). The van der Waals surface area contributed by atoms with Crippen molar-refractivity contribution in [2.24, 2.45) is 0 Å². The molecule has 98 valence electrons. The second-order valence-corrected chi connectivity index (χ2v) is 5.76. The molecule has 1 aliphatic heterocycles. The number of carbonyl (C=O) groups is 1. The zero-order valence-corrected chi connectivity index (χ0v) is 10.3. The topological polar surface area (TPSA) is 75.3 Å². The third kappa shape index (κ3) is 2.85. The molecular formula is C11H13FN2O3S. The molecule has 1 fully saturated rings. The van der Waals surface area contributed by atoms with Crippen molar-refractivity contribution >= 4 is 15.9 Å². The highest BCUT2D eigenvalue weighted by molar-refractivity contribution is 7.90. The minimum atomic E-state index is -3.92. The minimum absolute atomic E-state index is 0.129. The smallest absolute Gasteiger partial charge is 0.264 e. The normalized spacial score (nSPS) is 19.7. The van der Waals surface area contributed by atoms with E-state index in [2.05, 4.69) is 5.32 Å². The molecule has 1 atom stereocenters. The van der Waals surface area contributed by atoms with E-state index in [0.717, 1.165) is 30.7 Å². The molecule has 0 aromatic heterocycles. The Labute approximate surface area is 104 Å². The minimum Gasteiger partial charge on any atom is -0.306 e. The van der Waals surface area contributed by atoms with Crippen LogP contribution in [0.3, 0.4) is 0 Å². The van der Waals surface area contributed by atoms with Crippen LogP contribution in [0.15, 0.2) is 29.2 Å². The van der Waals surface area contributed by atoms with E-state index in [1.54, 1.807) is 0 Å². The first-order valence-electron chi connectivity index (χ1n) is 5.55. The molecule has 1 unspecified atom stereocenters. The third-order valence-electron chi connectivity index (χ3n) is 2.74. The van der Waals surface area contributed by atoms with E-state index in [4.69, 9.17) is 0 Å². The van der Waals surface area contributed by atoms with Crippen LogP contribution in [0.5, 0.6) is 0 Å². The molecule has 0 spiro atoms. The second kappa shape index (κ2) is 5.03. The van der Waals surface area contributed by atoms with Gasteiger partial charge in [0.25, 0.3) is 15.9 Å². The van der Waals surface area contributed by atoms with Gasteiger partial charge in [-0.3, -0.25) is 4.79 Å². The molecular weight excluding hydrogens is 259 g/mol. The third-order valence-corrected chi connectivity index (χ3v) is 4.10. The lowest BCUT2D eigenvalue weighted by Gasteiger charge is -2.11. The van der Waals surface area contributed by atoms with Gasteiger partial charge in [0.1, 0.15) is 5.82 Å². The van der Waals surface area contributed by atoms with Crippen molar-refractivity contribution in [3.05, 3.63) is 30.1 Å². The largest absolute Gasteiger partial charge is 0.306 e. The van der Waals surface area contributed by atoms with E-state index in [1.165, 1.54) is 0 Å². The summed E-state index contributed by atoms with van der Waals surface area (Å²) < 4.78 is 38.3. The first-order valence-corrected chi connectivity index (χ1v) is 7.03. The number of benzene rings is 1. The Morgan fingerprint density at radius 2 is 2.00 bits per heavy atom. The van der Waals surface area contributed by atoms with Gasteiger partial charge in [-0.25, -0.2) is 17.5 Å². The summed E-state index contributed by atoms with van der Waals surface area (Å²) in [5, 5.41) is 2.90. The Morgan fingerprint density at radius 1 is 1.33 bits per heavy atom. The fourth-order valence-corrected chi connectivity index (χ4v) is 2.80. The predicted molar refractivity (Wildman–Crippen MR) is 62.8 cm³/mol. The van der Waals surface area contributed by atoms with E-state index in [0.29, 0.717) is 13.0 Å². The Kier molecular flexibility index (Phi) is 3.63. The molecule has 0 saturated carbocycles. The van der Waals surface area contributed by atoms with Gasteiger partial charge in [0.05, 0.1) is 10.9 Å². The Bertz CT molecular complexity index is 536.